The van der Waals surface area contributed by atoms with Gasteiger partial charge in [0, 0.05) is 10.9 Å². The maximum atomic E-state index is 6.01. The molecule has 1 radical (unpaired) electrons. The molecule has 1 heteroatoms. The zero-order chi connectivity index (χ0) is 9.84. The molecule has 0 fully saturated rings. The lowest BCUT2D eigenvalue weighted by molar-refractivity contribution is 1.25. The van der Waals surface area contributed by atoms with Crippen LogP contribution in [0.4, 0.5) is 0 Å². The predicted molar refractivity (Wildman–Crippen MR) is 59.8 cm³/mol. The number of hydrogen-bond donors (Lipinski definition) is 0. The largest absolute Gasteiger partial charge is 0.102 e. The van der Waals surface area contributed by atoms with Crippen LogP contribution in [0, 0.1) is 5.92 Å². The van der Waals surface area contributed by atoms with Crippen LogP contribution in [0.3, 0.4) is 0 Å². The molecule has 67 valence electrons. The second-order valence-corrected chi connectivity index (χ2v) is 3.20. The summed E-state index contributed by atoms with van der Waals surface area (Å²) in [6.07, 6.45) is 3.59. The second-order valence-electron chi connectivity index (χ2n) is 2.79. The first-order valence-corrected chi connectivity index (χ1v) is 4.45. The molecule has 0 spiro atoms. The summed E-state index contributed by atoms with van der Waals surface area (Å²) >= 11 is 6.01. The average molecular weight is 192 g/mol. The van der Waals surface area contributed by atoms with Gasteiger partial charge >= 0.3 is 0 Å². The first kappa shape index (κ1) is 10.1. The Morgan fingerprint density at radius 1 is 1.38 bits per heavy atom. The lowest BCUT2D eigenvalue weighted by Crippen LogP contribution is -1.93. The molecule has 1 aromatic carbocycles. The quantitative estimate of drug-likeness (QED) is 0.675. The summed E-state index contributed by atoms with van der Waals surface area (Å²) in [5.41, 5.74) is 2.07. The number of allylic oxidation sites excluding steroid dienone is 1. The van der Waals surface area contributed by atoms with Crippen LogP contribution in [0.25, 0.3) is 6.08 Å². The van der Waals surface area contributed by atoms with Gasteiger partial charge in [-0.3, -0.25) is 0 Å². The van der Waals surface area contributed by atoms with E-state index in [-0.39, 0.29) is 0 Å². The molecular formula is C12H12Cl. The summed E-state index contributed by atoms with van der Waals surface area (Å²) in [5.74, 6) is 1.11. The fraction of sp³-hybridized carbons (Fsp3) is 0.0833. The molecule has 0 aliphatic carbocycles. The van der Waals surface area contributed by atoms with Gasteiger partial charge in [-0.25, -0.2) is 0 Å². The first-order chi connectivity index (χ1) is 6.20. The summed E-state index contributed by atoms with van der Waals surface area (Å²) < 4.78 is 0. The lowest BCUT2D eigenvalue weighted by atomic mass is 9.96. The van der Waals surface area contributed by atoms with E-state index in [1.807, 2.05) is 31.2 Å². The lowest BCUT2D eigenvalue weighted by Gasteiger charge is -2.10. The van der Waals surface area contributed by atoms with Crippen LogP contribution >= 0.6 is 11.6 Å². The zero-order valence-corrected chi connectivity index (χ0v) is 8.43. The van der Waals surface area contributed by atoms with Crippen LogP contribution < -0.4 is 0 Å². The average Bonchev–Trinajstić information content (AvgIpc) is 2.16. The van der Waals surface area contributed by atoms with E-state index in [9.17, 15) is 0 Å². The highest BCUT2D eigenvalue weighted by Gasteiger charge is 2.08. The molecule has 0 saturated carbocycles. The van der Waals surface area contributed by atoms with E-state index in [0.717, 1.165) is 22.1 Å². The normalized spacial score (nSPS) is 10.1. The molecule has 1 aromatic rings. The third kappa shape index (κ3) is 2.02. The third-order valence-corrected chi connectivity index (χ3v) is 2.32. The molecule has 0 heterocycles. The molecule has 13 heavy (non-hydrogen) atoms. The predicted octanol–water partition coefficient (Wildman–Crippen LogP) is 4.11. The molecule has 0 amide bonds. The molecular weight excluding hydrogens is 180 g/mol. The van der Waals surface area contributed by atoms with E-state index in [2.05, 4.69) is 13.2 Å². The summed E-state index contributed by atoms with van der Waals surface area (Å²) in [4.78, 5) is 0. The molecule has 0 atom stereocenters. The van der Waals surface area contributed by atoms with Crippen LogP contribution in [-0.4, -0.2) is 0 Å². The highest BCUT2D eigenvalue weighted by atomic mass is 35.5. The van der Waals surface area contributed by atoms with Gasteiger partial charge in [0.05, 0.1) is 0 Å². The number of rotatable bonds is 3. The van der Waals surface area contributed by atoms with E-state index in [0.29, 0.717) is 0 Å². The van der Waals surface area contributed by atoms with E-state index in [1.54, 1.807) is 6.08 Å². The van der Waals surface area contributed by atoms with Gasteiger partial charge in [-0.15, -0.1) is 6.58 Å². The summed E-state index contributed by atoms with van der Waals surface area (Å²) in [7, 11) is 0. The van der Waals surface area contributed by atoms with Crippen LogP contribution in [0.15, 0.2) is 37.4 Å². The van der Waals surface area contributed by atoms with Crippen molar-refractivity contribution in [2.45, 2.75) is 6.92 Å². The van der Waals surface area contributed by atoms with Crippen molar-refractivity contribution in [3.8, 4) is 0 Å². The molecule has 0 N–H and O–H groups in total. The Morgan fingerprint density at radius 2 is 2.08 bits per heavy atom. The number of halogens is 1. The third-order valence-electron chi connectivity index (χ3n) is 1.99. The molecule has 0 unspecified atom stereocenters. The van der Waals surface area contributed by atoms with Gasteiger partial charge in [0.2, 0.25) is 0 Å². The van der Waals surface area contributed by atoms with Gasteiger partial charge in [-0.2, -0.15) is 0 Å². The monoisotopic (exact) mass is 191 g/mol. The Labute approximate surface area is 84.5 Å². The molecule has 1 rings (SSSR count). The van der Waals surface area contributed by atoms with Crippen molar-refractivity contribution in [2.24, 2.45) is 0 Å². The molecule has 0 aromatic heterocycles. The van der Waals surface area contributed by atoms with Gasteiger partial charge < -0.3 is 0 Å². The van der Waals surface area contributed by atoms with Crippen molar-refractivity contribution >= 4 is 17.7 Å². The minimum Gasteiger partial charge on any atom is -0.102 e. The van der Waals surface area contributed by atoms with Gasteiger partial charge in [0.25, 0.3) is 0 Å². The molecule has 0 bridgehead atoms. The van der Waals surface area contributed by atoms with Crippen molar-refractivity contribution in [1.82, 2.24) is 0 Å². The summed E-state index contributed by atoms with van der Waals surface area (Å²) in [6.45, 7) is 9.47. The Morgan fingerprint density at radius 3 is 2.62 bits per heavy atom. The fourth-order valence-corrected chi connectivity index (χ4v) is 1.45. The zero-order valence-electron chi connectivity index (χ0n) is 7.68. The van der Waals surface area contributed by atoms with Crippen LogP contribution in [0.1, 0.15) is 18.1 Å². The SMILES string of the molecule is C=C[C](C)c1cccc(Cl)c1C=C. The minimum atomic E-state index is 0.730. The van der Waals surface area contributed by atoms with Gasteiger partial charge in [0.15, 0.2) is 0 Å². The second kappa shape index (κ2) is 4.29. The smallest absolute Gasteiger partial charge is 0.0481 e. The summed E-state index contributed by atoms with van der Waals surface area (Å²) in [6, 6.07) is 5.80. The van der Waals surface area contributed by atoms with Crippen LogP contribution in [-0.2, 0) is 0 Å². The number of hydrogen-bond acceptors (Lipinski definition) is 0. The maximum absolute atomic E-state index is 6.01. The van der Waals surface area contributed by atoms with Crippen molar-refractivity contribution in [3.63, 3.8) is 0 Å². The molecule has 0 aliphatic heterocycles. The minimum absolute atomic E-state index is 0.730. The van der Waals surface area contributed by atoms with E-state index in [1.165, 1.54) is 0 Å². The van der Waals surface area contributed by atoms with Crippen molar-refractivity contribution < 1.29 is 0 Å². The van der Waals surface area contributed by atoms with Crippen LogP contribution in [0.2, 0.25) is 5.02 Å². The molecule has 0 aliphatic rings. The Balaban J connectivity index is 3.27. The van der Waals surface area contributed by atoms with Crippen molar-refractivity contribution in [1.29, 1.82) is 0 Å². The van der Waals surface area contributed by atoms with Gasteiger partial charge in [-0.1, -0.05) is 49.4 Å². The maximum Gasteiger partial charge on any atom is 0.0481 e. The number of benzene rings is 1. The van der Waals surface area contributed by atoms with Crippen molar-refractivity contribution in [2.75, 3.05) is 0 Å². The highest BCUT2D eigenvalue weighted by molar-refractivity contribution is 6.32. The molecule has 0 nitrogen and oxygen atoms in total. The highest BCUT2D eigenvalue weighted by Crippen LogP contribution is 2.26. The van der Waals surface area contributed by atoms with Gasteiger partial charge in [-0.05, 0) is 17.2 Å². The van der Waals surface area contributed by atoms with E-state index >= 15 is 0 Å². The molecule has 0 saturated heterocycles. The summed E-state index contributed by atoms with van der Waals surface area (Å²) in [5, 5.41) is 0.730. The van der Waals surface area contributed by atoms with Gasteiger partial charge in [0.1, 0.15) is 0 Å². The van der Waals surface area contributed by atoms with E-state index in [4.69, 9.17) is 11.6 Å². The standard InChI is InChI=1S/C12H12Cl/c1-4-9(3)11-7-6-8-12(13)10(11)5-2/h4-8H,1-2H2,3H3. The Bertz CT molecular complexity index is 326. The first-order valence-electron chi connectivity index (χ1n) is 4.08. The Hall–Kier alpha value is -1.01. The Kier molecular flexibility index (Phi) is 3.32. The van der Waals surface area contributed by atoms with E-state index < -0.39 is 0 Å². The van der Waals surface area contributed by atoms with Crippen molar-refractivity contribution in [3.05, 3.63) is 59.5 Å². The fourth-order valence-electron chi connectivity index (χ4n) is 1.20. The topological polar surface area (TPSA) is 0 Å². The van der Waals surface area contributed by atoms with Crippen LogP contribution in [0.5, 0.6) is 0 Å².